The maximum Gasteiger partial charge on any atom is 0.240 e. The second kappa shape index (κ2) is 9.95. The number of ether oxygens (including phenoxy) is 2. The van der Waals surface area contributed by atoms with Crippen LogP contribution in [0.25, 0.3) is 0 Å². The highest BCUT2D eigenvalue weighted by Gasteiger charge is 2.27. The van der Waals surface area contributed by atoms with Gasteiger partial charge in [0.25, 0.3) is 0 Å². The van der Waals surface area contributed by atoms with Crippen LogP contribution in [-0.4, -0.2) is 35.1 Å². The van der Waals surface area contributed by atoms with Gasteiger partial charge in [0.2, 0.25) is 15.9 Å². The fraction of sp³-hybridized carbons (Fsp3) is 0.409. The van der Waals surface area contributed by atoms with Crippen molar-refractivity contribution in [2.45, 2.75) is 30.6 Å². The standard InChI is InChI=1S/C22H28N2O5S/c1-28-20-13-12-18(14-21(20)29-2)24-22(25)17-10-8-16(9-11-17)15-23-30(26,27)19-6-4-3-5-7-19/h3-7,12-14,16-17,23H,8-11,15H2,1-2H3,(H,24,25). The molecule has 0 heterocycles. The molecule has 2 aromatic carbocycles. The summed E-state index contributed by atoms with van der Waals surface area (Å²) in [5.41, 5.74) is 0.662. The van der Waals surface area contributed by atoms with Gasteiger partial charge >= 0.3 is 0 Å². The van der Waals surface area contributed by atoms with Crippen molar-refractivity contribution in [3.63, 3.8) is 0 Å². The lowest BCUT2D eigenvalue weighted by molar-refractivity contribution is -0.121. The lowest BCUT2D eigenvalue weighted by atomic mass is 9.81. The zero-order valence-electron chi connectivity index (χ0n) is 17.3. The van der Waals surface area contributed by atoms with Gasteiger partial charge in [0, 0.05) is 24.2 Å². The fourth-order valence-electron chi connectivity index (χ4n) is 3.70. The zero-order valence-corrected chi connectivity index (χ0v) is 18.1. The molecule has 0 unspecified atom stereocenters. The van der Waals surface area contributed by atoms with Crippen LogP contribution in [-0.2, 0) is 14.8 Å². The fourth-order valence-corrected chi connectivity index (χ4v) is 4.83. The normalized spacial score (nSPS) is 19.1. The van der Waals surface area contributed by atoms with Gasteiger partial charge in [-0.1, -0.05) is 18.2 Å². The van der Waals surface area contributed by atoms with E-state index in [0.29, 0.717) is 23.7 Å². The third-order valence-corrected chi connectivity index (χ3v) is 6.92. The molecule has 1 fully saturated rings. The van der Waals surface area contributed by atoms with E-state index in [0.717, 1.165) is 25.7 Å². The smallest absolute Gasteiger partial charge is 0.240 e. The molecule has 0 aliphatic heterocycles. The van der Waals surface area contributed by atoms with E-state index in [1.807, 2.05) is 0 Å². The number of nitrogens with one attached hydrogen (secondary N) is 2. The van der Waals surface area contributed by atoms with Crippen LogP contribution in [0.15, 0.2) is 53.4 Å². The highest BCUT2D eigenvalue weighted by atomic mass is 32.2. The molecular weight excluding hydrogens is 404 g/mol. The molecule has 1 saturated carbocycles. The molecule has 3 rings (SSSR count). The minimum atomic E-state index is -3.49. The summed E-state index contributed by atoms with van der Waals surface area (Å²) in [7, 11) is -0.378. The summed E-state index contributed by atoms with van der Waals surface area (Å²) in [4.78, 5) is 12.9. The summed E-state index contributed by atoms with van der Waals surface area (Å²) < 4.78 is 37.9. The Morgan fingerprint density at radius 2 is 1.63 bits per heavy atom. The van der Waals surface area contributed by atoms with Gasteiger partial charge in [0.15, 0.2) is 11.5 Å². The summed E-state index contributed by atoms with van der Waals surface area (Å²) in [5, 5.41) is 2.94. The second-order valence-electron chi connectivity index (χ2n) is 7.44. The summed E-state index contributed by atoms with van der Waals surface area (Å²) >= 11 is 0. The first kappa shape index (κ1) is 22.1. The van der Waals surface area contributed by atoms with E-state index in [9.17, 15) is 13.2 Å². The molecule has 2 N–H and O–H groups in total. The minimum Gasteiger partial charge on any atom is -0.493 e. The van der Waals surface area contributed by atoms with E-state index in [2.05, 4.69) is 10.0 Å². The molecular formula is C22H28N2O5S. The molecule has 1 amide bonds. The number of anilines is 1. The number of benzene rings is 2. The number of hydrogen-bond donors (Lipinski definition) is 2. The number of carbonyl (C=O) groups is 1. The largest absolute Gasteiger partial charge is 0.493 e. The zero-order chi connectivity index (χ0) is 21.6. The summed E-state index contributed by atoms with van der Waals surface area (Å²) in [6, 6.07) is 13.6. The van der Waals surface area contributed by atoms with Gasteiger partial charge in [-0.25, -0.2) is 13.1 Å². The maximum absolute atomic E-state index is 12.6. The summed E-state index contributed by atoms with van der Waals surface area (Å²) in [6.45, 7) is 0.390. The number of rotatable bonds is 8. The van der Waals surface area contributed by atoms with Crippen molar-refractivity contribution in [2.24, 2.45) is 11.8 Å². The third-order valence-electron chi connectivity index (χ3n) is 5.48. The molecule has 0 spiro atoms. The van der Waals surface area contributed by atoms with Gasteiger partial charge < -0.3 is 14.8 Å². The van der Waals surface area contributed by atoms with Crippen LogP contribution in [0.1, 0.15) is 25.7 Å². The van der Waals surface area contributed by atoms with Crippen LogP contribution >= 0.6 is 0 Å². The molecule has 1 aliphatic rings. The van der Waals surface area contributed by atoms with Crippen molar-refractivity contribution in [1.82, 2.24) is 4.72 Å². The van der Waals surface area contributed by atoms with Gasteiger partial charge in [0.05, 0.1) is 19.1 Å². The molecule has 2 aromatic rings. The topological polar surface area (TPSA) is 93.7 Å². The molecule has 0 aromatic heterocycles. The Kier molecular flexibility index (Phi) is 7.33. The van der Waals surface area contributed by atoms with Crippen LogP contribution in [0.5, 0.6) is 11.5 Å². The predicted molar refractivity (Wildman–Crippen MR) is 115 cm³/mol. The first-order valence-electron chi connectivity index (χ1n) is 10.0. The number of sulfonamides is 1. The number of carbonyl (C=O) groups excluding carboxylic acids is 1. The van der Waals surface area contributed by atoms with Crippen LogP contribution in [0.2, 0.25) is 0 Å². The van der Waals surface area contributed by atoms with Crippen LogP contribution in [0.4, 0.5) is 5.69 Å². The van der Waals surface area contributed by atoms with Crippen molar-refractivity contribution < 1.29 is 22.7 Å². The second-order valence-corrected chi connectivity index (χ2v) is 9.21. The van der Waals surface area contributed by atoms with E-state index in [4.69, 9.17) is 9.47 Å². The third kappa shape index (κ3) is 5.52. The Morgan fingerprint density at radius 1 is 0.967 bits per heavy atom. The van der Waals surface area contributed by atoms with Gasteiger partial charge in [-0.15, -0.1) is 0 Å². The molecule has 0 saturated heterocycles. The molecule has 30 heavy (non-hydrogen) atoms. The van der Waals surface area contributed by atoms with Crippen LogP contribution in [0, 0.1) is 11.8 Å². The first-order chi connectivity index (χ1) is 14.4. The van der Waals surface area contributed by atoms with Crippen molar-refractivity contribution >= 4 is 21.6 Å². The van der Waals surface area contributed by atoms with Gasteiger partial charge in [-0.05, 0) is 55.9 Å². The quantitative estimate of drug-likeness (QED) is 0.667. The summed E-state index contributed by atoms with van der Waals surface area (Å²) in [6.07, 6.45) is 3.08. The van der Waals surface area contributed by atoms with E-state index in [1.165, 1.54) is 0 Å². The lowest BCUT2D eigenvalue weighted by Gasteiger charge is -2.28. The van der Waals surface area contributed by atoms with Gasteiger partial charge in [0.1, 0.15) is 0 Å². The SMILES string of the molecule is COc1ccc(NC(=O)C2CCC(CNS(=O)(=O)c3ccccc3)CC2)cc1OC. The average molecular weight is 433 g/mol. The monoisotopic (exact) mass is 432 g/mol. The predicted octanol–water partition coefficient (Wildman–Crippen LogP) is 3.43. The minimum absolute atomic E-state index is 0.0227. The Hall–Kier alpha value is -2.58. The van der Waals surface area contributed by atoms with Crippen molar-refractivity contribution in [2.75, 3.05) is 26.1 Å². The lowest BCUT2D eigenvalue weighted by Crippen LogP contribution is -2.33. The molecule has 7 nitrogen and oxygen atoms in total. The Labute approximate surface area is 177 Å². The van der Waals surface area contributed by atoms with Crippen LogP contribution < -0.4 is 19.5 Å². The van der Waals surface area contributed by atoms with E-state index in [1.54, 1.807) is 62.8 Å². The van der Waals surface area contributed by atoms with Crippen molar-refractivity contribution in [3.05, 3.63) is 48.5 Å². The Balaban J connectivity index is 1.49. The van der Waals surface area contributed by atoms with E-state index >= 15 is 0 Å². The van der Waals surface area contributed by atoms with Crippen molar-refractivity contribution in [1.29, 1.82) is 0 Å². The molecule has 162 valence electrons. The molecule has 8 heteroatoms. The summed E-state index contributed by atoms with van der Waals surface area (Å²) in [5.74, 6) is 1.29. The number of hydrogen-bond acceptors (Lipinski definition) is 5. The molecule has 0 bridgehead atoms. The van der Waals surface area contributed by atoms with Crippen LogP contribution in [0.3, 0.4) is 0 Å². The van der Waals surface area contributed by atoms with E-state index < -0.39 is 10.0 Å². The highest BCUT2D eigenvalue weighted by molar-refractivity contribution is 7.89. The van der Waals surface area contributed by atoms with E-state index in [-0.39, 0.29) is 22.6 Å². The molecule has 0 atom stereocenters. The Morgan fingerprint density at radius 3 is 2.27 bits per heavy atom. The first-order valence-corrected chi connectivity index (χ1v) is 11.5. The highest BCUT2D eigenvalue weighted by Crippen LogP contribution is 2.32. The molecule has 1 aliphatic carbocycles. The van der Waals surface area contributed by atoms with Gasteiger partial charge in [-0.3, -0.25) is 4.79 Å². The van der Waals surface area contributed by atoms with Crippen molar-refractivity contribution in [3.8, 4) is 11.5 Å². The molecule has 0 radical (unpaired) electrons. The maximum atomic E-state index is 12.6. The van der Waals surface area contributed by atoms with Gasteiger partial charge in [-0.2, -0.15) is 0 Å². The average Bonchev–Trinajstić information content (AvgIpc) is 2.78. The Bertz CT molecular complexity index is 955. The number of methoxy groups -OCH3 is 2. The number of amides is 1.